The van der Waals surface area contributed by atoms with Crippen LogP contribution in [0.3, 0.4) is 0 Å². The molecule has 0 radical (unpaired) electrons. The van der Waals surface area contributed by atoms with Gasteiger partial charge in [-0.2, -0.15) is 0 Å². The van der Waals surface area contributed by atoms with Gasteiger partial charge in [-0.25, -0.2) is 4.39 Å². The third-order valence-electron chi connectivity index (χ3n) is 4.49. The fourth-order valence-corrected chi connectivity index (χ4v) is 4.05. The monoisotopic (exact) mass is 360 g/mol. The Morgan fingerprint density at radius 1 is 1.24 bits per heavy atom. The summed E-state index contributed by atoms with van der Waals surface area (Å²) in [6.07, 6.45) is 2.54. The second kappa shape index (κ2) is 8.97. The van der Waals surface area contributed by atoms with Gasteiger partial charge in [0.05, 0.1) is 6.04 Å². The zero-order chi connectivity index (χ0) is 17.5. The topological polar surface area (TPSA) is 39.7 Å². The Balaban J connectivity index is 1.57. The van der Waals surface area contributed by atoms with Gasteiger partial charge < -0.3 is 10.6 Å². The minimum atomic E-state index is -0.214. The van der Waals surface area contributed by atoms with Crippen LogP contribution in [0.25, 0.3) is 0 Å². The van der Waals surface area contributed by atoms with Gasteiger partial charge in [0, 0.05) is 25.0 Å². The van der Waals surface area contributed by atoms with E-state index in [9.17, 15) is 4.39 Å². The Morgan fingerprint density at radius 3 is 2.76 bits per heavy atom. The first-order valence-corrected chi connectivity index (χ1v) is 9.60. The first kappa shape index (κ1) is 17.9. The lowest BCUT2D eigenvalue weighted by atomic mass is 10.2. The lowest BCUT2D eigenvalue weighted by molar-refractivity contribution is 0.249. The summed E-state index contributed by atoms with van der Waals surface area (Å²) in [7, 11) is 1.76. The van der Waals surface area contributed by atoms with Crippen molar-refractivity contribution in [3.05, 3.63) is 58.0 Å². The zero-order valence-corrected chi connectivity index (χ0v) is 15.4. The highest BCUT2D eigenvalue weighted by Gasteiger charge is 2.24. The molecule has 1 aromatic heterocycles. The number of aliphatic imine (C=N–C) groups is 1. The van der Waals surface area contributed by atoms with Crippen molar-refractivity contribution >= 4 is 17.3 Å². The molecule has 1 aromatic carbocycles. The number of nitrogens with zero attached hydrogens (tertiary/aromatic N) is 2. The number of benzene rings is 1. The van der Waals surface area contributed by atoms with E-state index in [0.29, 0.717) is 12.6 Å². The van der Waals surface area contributed by atoms with E-state index >= 15 is 0 Å². The van der Waals surface area contributed by atoms with Gasteiger partial charge in [-0.1, -0.05) is 18.2 Å². The molecule has 25 heavy (non-hydrogen) atoms. The van der Waals surface area contributed by atoms with E-state index in [2.05, 4.69) is 38.0 Å². The average molecular weight is 361 g/mol. The molecular weight excluding hydrogens is 335 g/mol. The van der Waals surface area contributed by atoms with E-state index in [1.54, 1.807) is 30.5 Å². The van der Waals surface area contributed by atoms with E-state index in [1.165, 1.54) is 23.8 Å². The van der Waals surface area contributed by atoms with Gasteiger partial charge in [0.25, 0.3) is 0 Å². The first-order valence-electron chi connectivity index (χ1n) is 8.72. The van der Waals surface area contributed by atoms with Crippen LogP contribution in [0.1, 0.15) is 29.3 Å². The Labute approximate surface area is 152 Å². The largest absolute Gasteiger partial charge is 0.354 e. The summed E-state index contributed by atoms with van der Waals surface area (Å²) in [6.45, 7) is 3.66. The van der Waals surface area contributed by atoms with Crippen LogP contribution in [0.15, 0.2) is 46.8 Å². The summed E-state index contributed by atoms with van der Waals surface area (Å²) >= 11 is 1.81. The first-order chi connectivity index (χ1) is 12.3. The summed E-state index contributed by atoms with van der Waals surface area (Å²) in [5.74, 6) is 0.527. The minimum absolute atomic E-state index is 0.214. The van der Waals surface area contributed by atoms with Crippen molar-refractivity contribution in [1.82, 2.24) is 15.5 Å². The van der Waals surface area contributed by atoms with Crippen molar-refractivity contribution in [2.24, 2.45) is 4.99 Å². The molecule has 1 aliphatic heterocycles. The molecule has 0 amide bonds. The molecule has 1 fully saturated rings. The van der Waals surface area contributed by atoms with Crippen LogP contribution in [-0.4, -0.2) is 37.5 Å². The van der Waals surface area contributed by atoms with E-state index in [1.807, 2.05) is 6.07 Å². The summed E-state index contributed by atoms with van der Waals surface area (Å²) in [5, 5.41) is 8.83. The van der Waals surface area contributed by atoms with Crippen LogP contribution in [0.5, 0.6) is 0 Å². The SMILES string of the molecule is CN=C(NCc1cccc(F)c1)NCC(c1cccs1)N1CCCC1. The van der Waals surface area contributed by atoms with Gasteiger partial charge in [0.15, 0.2) is 5.96 Å². The molecule has 0 bridgehead atoms. The molecule has 2 N–H and O–H groups in total. The van der Waals surface area contributed by atoms with Crippen LogP contribution in [-0.2, 0) is 6.54 Å². The molecule has 1 atom stereocenters. The molecule has 2 heterocycles. The molecule has 3 rings (SSSR count). The summed E-state index contributed by atoms with van der Waals surface area (Å²) in [5.41, 5.74) is 0.900. The van der Waals surface area contributed by atoms with E-state index in [-0.39, 0.29) is 5.82 Å². The highest BCUT2D eigenvalue weighted by atomic mass is 32.1. The molecule has 0 aliphatic carbocycles. The quantitative estimate of drug-likeness (QED) is 0.613. The number of hydrogen-bond donors (Lipinski definition) is 2. The molecule has 134 valence electrons. The molecule has 1 unspecified atom stereocenters. The maximum absolute atomic E-state index is 13.3. The summed E-state index contributed by atoms with van der Waals surface area (Å²) < 4.78 is 13.3. The Bertz CT molecular complexity index is 680. The lowest BCUT2D eigenvalue weighted by Crippen LogP contribution is -2.42. The number of thiophene rings is 1. The number of halogens is 1. The standard InChI is InChI=1S/C19H25FN4S/c1-21-19(22-13-15-6-4-7-16(20)12-15)23-14-17(18-8-5-11-25-18)24-9-2-3-10-24/h4-8,11-12,17H,2-3,9-10,13-14H2,1H3,(H2,21,22,23). The van der Waals surface area contributed by atoms with Gasteiger partial charge >= 0.3 is 0 Å². The molecule has 2 aromatic rings. The van der Waals surface area contributed by atoms with Crippen LogP contribution < -0.4 is 10.6 Å². The van der Waals surface area contributed by atoms with Crippen LogP contribution in [0.4, 0.5) is 4.39 Å². The molecule has 1 aliphatic rings. The van der Waals surface area contributed by atoms with Crippen molar-refractivity contribution in [3.8, 4) is 0 Å². The van der Waals surface area contributed by atoms with E-state index in [0.717, 1.165) is 31.2 Å². The Kier molecular flexibility index (Phi) is 6.42. The predicted molar refractivity (Wildman–Crippen MR) is 102 cm³/mol. The Morgan fingerprint density at radius 2 is 2.08 bits per heavy atom. The summed E-state index contributed by atoms with van der Waals surface area (Å²) in [4.78, 5) is 8.22. The number of rotatable bonds is 6. The van der Waals surface area contributed by atoms with Gasteiger partial charge in [-0.3, -0.25) is 9.89 Å². The second-order valence-electron chi connectivity index (χ2n) is 6.21. The maximum Gasteiger partial charge on any atom is 0.191 e. The lowest BCUT2D eigenvalue weighted by Gasteiger charge is -2.27. The molecule has 1 saturated heterocycles. The zero-order valence-electron chi connectivity index (χ0n) is 14.5. The van der Waals surface area contributed by atoms with E-state index in [4.69, 9.17) is 0 Å². The number of hydrogen-bond acceptors (Lipinski definition) is 3. The highest BCUT2D eigenvalue weighted by Crippen LogP contribution is 2.27. The van der Waals surface area contributed by atoms with Crippen LogP contribution >= 0.6 is 11.3 Å². The van der Waals surface area contributed by atoms with Crippen molar-refractivity contribution in [1.29, 1.82) is 0 Å². The van der Waals surface area contributed by atoms with E-state index < -0.39 is 0 Å². The molecule has 0 spiro atoms. The fraction of sp³-hybridized carbons (Fsp3) is 0.421. The predicted octanol–water partition coefficient (Wildman–Crippen LogP) is 3.39. The van der Waals surface area contributed by atoms with Gasteiger partial charge in [-0.15, -0.1) is 11.3 Å². The molecule has 4 nitrogen and oxygen atoms in total. The third-order valence-corrected chi connectivity index (χ3v) is 5.46. The van der Waals surface area contributed by atoms with Crippen molar-refractivity contribution in [3.63, 3.8) is 0 Å². The second-order valence-corrected chi connectivity index (χ2v) is 7.19. The maximum atomic E-state index is 13.3. The highest BCUT2D eigenvalue weighted by molar-refractivity contribution is 7.10. The van der Waals surface area contributed by atoms with Gasteiger partial charge in [0.2, 0.25) is 0 Å². The van der Waals surface area contributed by atoms with Crippen molar-refractivity contribution < 1.29 is 4.39 Å². The van der Waals surface area contributed by atoms with Crippen LogP contribution in [0.2, 0.25) is 0 Å². The van der Waals surface area contributed by atoms with Crippen LogP contribution in [0, 0.1) is 5.82 Å². The molecular formula is C19H25FN4S. The van der Waals surface area contributed by atoms with Gasteiger partial charge in [-0.05, 0) is 55.1 Å². The minimum Gasteiger partial charge on any atom is -0.354 e. The number of guanidine groups is 1. The molecule has 0 saturated carbocycles. The Hall–Kier alpha value is -1.92. The average Bonchev–Trinajstić information content (AvgIpc) is 3.32. The number of likely N-dealkylation sites (tertiary alicyclic amines) is 1. The molecule has 6 heteroatoms. The van der Waals surface area contributed by atoms with Gasteiger partial charge in [0.1, 0.15) is 5.82 Å². The summed E-state index contributed by atoms with van der Waals surface area (Å²) in [6, 6.07) is 11.3. The third kappa shape index (κ3) is 5.03. The fourth-order valence-electron chi connectivity index (χ4n) is 3.19. The number of nitrogens with one attached hydrogen (secondary N) is 2. The van der Waals surface area contributed by atoms with Crippen molar-refractivity contribution in [2.45, 2.75) is 25.4 Å². The smallest absolute Gasteiger partial charge is 0.191 e. The normalized spacial score (nSPS) is 16.8. The van der Waals surface area contributed by atoms with Crippen molar-refractivity contribution in [2.75, 3.05) is 26.7 Å².